The molecule has 1 aromatic carbocycles. The molecule has 0 radical (unpaired) electrons. The Morgan fingerprint density at radius 3 is 2.80 bits per heavy atom. The molecule has 3 heteroatoms. The zero-order valence-corrected chi connectivity index (χ0v) is 8.64. The molecule has 0 amide bonds. The van der Waals surface area contributed by atoms with Crippen LogP contribution in [0.1, 0.15) is 24.9 Å². The molecule has 0 fully saturated rings. The predicted octanol–water partition coefficient (Wildman–Crippen LogP) is 2.14. The zero-order valence-electron chi connectivity index (χ0n) is 8.64. The summed E-state index contributed by atoms with van der Waals surface area (Å²) in [5, 5.41) is 0. The van der Waals surface area contributed by atoms with Gasteiger partial charge in [-0.05, 0) is 12.0 Å². The standard InChI is InChI=1S/C12H13NO2/c1-2-10-12(14)15-8-11(13-10)9-6-4-3-5-7-9/h3-7,11H,2,8H2,1H3/t11-/m1/s1. The number of cyclic esters (lactones) is 1. The van der Waals surface area contributed by atoms with Gasteiger partial charge in [-0.3, -0.25) is 4.99 Å². The van der Waals surface area contributed by atoms with Gasteiger partial charge in [0.25, 0.3) is 0 Å². The molecular weight excluding hydrogens is 190 g/mol. The summed E-state index contributed by atoms with van der Waals surface area (Å²) < 4.78 is 5.08. The van der Waals surface area contributed by atoms with Gasteiger partial charge in [-0.15, -0.1) is 0 Å². The van der Waals surface area contributed by atoms with Crippen molar-refractivity contribution in [1.82, 2.24) is 0 Å². The Morgan fingerprint density at radius 1 is 1.40 bits per heavy atom. The maximum Gasteiger partial charge on any atom is 0.352 e. The summed E-state index contributed by atoms with van der Waals surface area (Å²) in [6.07, 6.45) is 0.627. The molecule has 78 valence electrons. The SMILES string of the molecule is CCC1=N[C@@H](c2ccccc2)COC1=O. The predicted molar refractivity (Wildman–Crippen MR) is 57.9 cm³/mol. The second kappa shape index (κ2) is 4.26. The summed E-state index contributed by atoms with van der Waals surface area (Å²) in [7, 11) is 0. The van der Waals surface area contributed by atoms with E-state index < -0.39 is 0 Å². The number of aliphatic imine (C=N–C) groups is 1. The largest absolute Gasteiger partial charge is 0.459 e. The van der Waals surface area contributed by atoms with Crippen molar-refractivity contribution in [3.8, 4) is 0 Å². The van der Waals surface area contributed by atoms with Gasteiger partial charge >= 0.3 is 5.97 Å². The highest BCUT2D eigenvalue weighted by atomic mass is 16.5. The van der Waals surface area contributed by atoms with Gasteiger partial charge in [-0.25, -0.2) is 4.79 Å². The lowest BCUT2D eigenvalue weighted by Gasteiger charge is -2.19. The molecule has 0 aliphatic carbocycles. The molecule has 1 aromatic rings. The van der Waals surface area contributed by atoms with Gasteiger partial charge in [-0.2, -0.15) is 0 Å². The van der Waals surface area contributed by atoms with Crippen LogP contribution in [0.2, 0.25) is 0 Å². The molecule has 0 saturated carbocycles. The summed E-state index contributed by atoms with van der Waals surface area (Å²) in [6, 6.07) is 9.86. The van der Waals surface area contributed by atoms with Gasteiger partial charge in [0.1, 0.15) is 18.4 Å². The molecule has 1 atom stereocenters. The highest BCUT2D eigenvalue weighted by molar-refractivity contribution is 6.36. The van der Waals surface area contributed by atoms with E-state index in [0.29, 0.717) is 18.7 Å². The fraction of sp³-hybridized carbons (Fsp3) is 0.333. The minimum Gasteiger partial charge on any atom is -0.459 e. The quantitative estimate of drug-likeness (QED) is 0.691. The lowest BCUT2D eigenvalue weighted by Crippen LogP contribution is -2.26. The molecule has 15 heavy (non-hydrogen) atoms. The summed E-state index contributed by atoms with van der Waals surface area (Å²) in [5.74, 6) is -0.273. The van der Waals surface area contributed by atoms with Crippen molar-refractivity contribution in [1.29, 1.82) is 0 Å². The summed E-state index contributed by atoms with van der Waals surface area (Å²) in [5.41, 5.74) is 1.63. The van der Waals surface area contributed by atoms with Crippen molar-refractivity contribution in [2.45, 2.75) is 19.4 Å². The van der Waals surface area contributed by atoms with E-state index in [1.165, 1.54) is 0 Å². The number of hydrogen-bond donors (Lipinski definition) is 0. The smallest absolute Gasteiger partial charge is 0.352 e. The van der Waals surface area contributed by atoms with Crippen molar-refractivity contribution in [2.75, 3.05) is 6.61 Å². The van der Waals surface area contributed by atoms with Gasteiger partial charge in [0, 0.05) is 0 Å². The molecule has 0 spiro atoms. The number of rotatable bonds is 2. The Kier molecular flexibility index (Phi) is 2.81. The Balaban J connectivity index is 2.26. The molecule has 0 saturated heterocycles. The fourth-order valence-electron chi connectivity index (χ4n) is 1.60. The summed E-state index contributed by atoms with van der Waals surface area (Å²) in [4.78, 5) is 15.6. The van der Waals surface area contributed by atoms with Crippen molar-refractivity contribution in [2.24, 2.45) is 4.99 Å². The molecule has 0 N–H and O–H groups in total. The minimum absolute atomic E-state index is 0.0288. The van der Waals surface area contributed by atoms with E-state index in [4.69, 9.17) is 4.74 Å². The lowest BCUT2D eigenvalue weighted by molar-refractivity contribution is -0.137. The number of nitrogens with zero attached hydrogens (tertiary/aromatic N) is 1. The van der Waals surface area contributed by atoms with Crippen molar-refractivity contribution in [3.63, 3.8) is 0 Å². The number of esters is 1. The highest BCUT2D eigenvalue weighted by Crippen LogP contribution is 2.21. The van der Waals surface area contributed by atoms with Gasteiger partial charge in [0.15, 0.2) is 0 Å². The van der Waals surface area contributed by atoms with Crippen LogP contribution in [0.5, 0.6) is 0 Å². The first-order valence-corrected chi connectivity index (χ1v) is 5.10. The van der Waals surface area contributed by atoms with Crippen molar-refractivity contribution >= 4 is 11.7 Å². The van der Waals surface area contributed by atoms with E-state index in [2.05, 4.69) is 4.99 Å². The fourth-order valence-corrected chi connectivity index (χ4v) is 1.60. The molecular formula is C12H13NO2. The number of benzene rings is 1. The van der Waals surface area contributed by atoms with Crippen LogP contribution in [0, 0.1) is 0 Å². The van der Waals surface area contributed by atoms with E-state index in [9.17, 15) is 4.79 Å². The van der Waals surface area contributed by atoms with E-state index in [1.807, 2.05) is 37.3 Å². The van der Waals surface area contributed by atoms with E-state index in [0.717, 1.165) is 5.56 Å². The summed E-state index contributed by atoms with van der Waals surface area (Å²) >= 11 is 0. The second-order valence-electron chi connectivity index (χ2n) is 3.45. The molecule has 1 aliphatic heterocycles. The van der Waals surface area contributed by atoms with Crippen LogP contribution in [0.25, 0.3) is 0 Å². The van der Waals surface area contributed by atoms with E-state index in [1.54, 1.807) is 0 Å². The topological polar surface area (TPSA) is 38.7 Å². The monoisotopic (exact) mass is 203 g/mol. The third-order valence-electron chi connectivity index (χ3n) is 2.44. The average molecular weight is 203 g/mol. The highest BCUT2D eigenvalue weighted by Gasteiger charge is 2.22. The first-order valence-electron chi connectivity index (χ1n) is 5.10. The van der Waals surface area contributed by atoms with Gasteiger partial charge in [0.2, 0.25) is 0 Å². The third-order valence-corrected chi connectivity index (χ3v) is 2.44. The van der Waals surface area contributed by atoms with Gasteiger partial charge < -0.3 is 4.74 Å². The Morgan fingerprint density at radius 2 is 2.13 bits per heavy atom. The number of carbonyl (C=O) groups excluding carboxylic acids is 1. The normalized spacial score (nSPS) is 20.7. The first kappa shape index (κ1) is 9.90. The Bertz CT molecular complexity index is 384. The van der Waals surface area contributed by atoms with Crippen LogP contribution in [0.15, 0.2) is 35.3 Å². The maximum absolute atomic E-state index is 11.2. The Labute approximate surface area is 88.8 Å². The van der Waals surface area contributed by atoms with Crippen LogP contribution >= 0.6 is 0 Å². The van der Waals surface area contributed by atoms with Crippen LogP contribution in [0.3, 0.4) is 0 Å². The summed E-state index contributed by atoms with van der Waals surface area (Å²) in [6.45, 7) is 2.26. The third kappa shape index (κ3) is 2.06. The van der Waals surface area contributed by atoms with Crippen LogP contribution in [-0.4, -0.2) is 18.3 Å². The van der Waals surface area contributed by atoms with Crippen LogP contribution in [0.4, 0.5) is 0 Å². The minimum atomic E-state index is -0.273. The molecule has 1 aliphatic rings. The van der Waals surface area contributed by atoms with Gasteiger partial charge in [0.05, 0.1) is 0 Å². The van der Waals surface area contributed by atoms with E-state index >= 15 is 0 Å². The molecule has 1 heterocycles. The Hall–Kier alpha value is -1.64. The van der Waals surface area contributed by atoms with Crippen molar-refractivity contribution in [3.05, 3.63) is 35.9 Å². The zero-order chi connectivity index (χ0) is 10.7. The van der Waals surface area contributed by atoms with Gasteiger partial charge in [-0.1, -0.05) is 37.3 Å². The molecule has 0 aromatic heterocycles. The van der Waals surface area contributed by atoms with Crippen LogP contribution < -0.4 is 0 Å². The second-order valence-corrected chi connectivity index (χ2v) is 3.45. The molecule has 2 rings (SSSR count). The molecule has 3 nitrogen and oxygen atoms in total. The number of ether oxygens (including phenoxy) is 1. The van der Waals surface area contributed by atoms with E-state index in [-0.39, 0.29) is 12.0 Å². The first-order chi connectivity index (χ1) is 7.31. The molecule has 0 unspecified atom stereocenters. The van der Waals surface area contributed by atoms with Crippen LogP contribution in [-0.2, 0) is 9.53 Å². The lowest BCUT2D eigenvalue weighted by atomic mass is 10.1. The number of carbonyl (C=O) groups is 1. The maximum atomic E-state index is 11.2. The van der Waals surface area contributed by atoms with Crippen molar-refractivity contribution < 1.29 is 9.53 Å². The molecule has 0 bridgehead atoms. The average Bonchev–Trinajstić information content (AvgIpc) is 2.31. The number of hydrogen-bond acceptors (Lipinski definition) is 3.